The molecule has 1 saturated heterocycles. The first kappa shape index (κ1) is 15.9. The Bertz CT molecular complexity index is 369. The van der Waals surface area contributed by atoms with E-state index in [0.717, 1.165) is 6.54 Å². The predicted molar refractivity (Wildman–Crippen MR) is 90.3 cm³/mol. The smallest absolute Gasteiger partial charge is 0.0234 e. The third-order valence-electron chi connectivity index (χ3n) is 4.03. The van der Waals surface area contributed by atoms with Crippen LogP contribution in [0.15, 0.2) is 30.3 Å². The third-order valence-corrected chi connectivity index (χ3v) is 4.67. The Morgan fingerprint density at radius 1 is 1.35 bits per heavy atom. The molecule has 1 aliphatic rings. The predicted octanol–water partition coefficient (Wildman–Crippen LogP) is 3.38. The van der Waals surface area contributed by atoms with Gasteiger partial charge in [0.05, 0.1) is 0 Å². The third kappa shape index (κ3) is 5.47. The summed E-state index contributed by atoms with van der Waals surface area (Å²) in [5.74, 6) is 1.26. The van der Waals surface area contributed by atoms with E-state index in [1.165, 1.54) is 43.7 Å². The van der Waals surface area contributed by atoms with Gasteiger partial charge in [-0.25, -0.2) is 0 Å². The first-order valence-electron chi connectivity index (χ1n) is 7.79. The maximum atomic E-state index is 3.81. The van der Waals surface area contributed by atoms with Crippen LogP contribution in [-0.4, -0.2) is 42.1 Å². The van der Waals surface area contributed by atoms with Gasteiger partial charge in [0.1, 0.15) is 0 Å². The van der Waals surface area contributed by atoms with Gasteiger partial charge in [-0.1, -0.05) is 30.3 Å². The zero-order valence-corrected chi connectivity index (χ0v) is 13.7. The van der Waals surface area contributed by atoms with E-state index in [1.807, 2.05) is 11.8 Å². The summed E-state index contributed by atoms with van der Waals surface area (Å²) in [5, 5.41) is 3.81. The summed E-state index contributed by atoms with van der Waals surface area (Å²) in [6.45, 7) is 5.86. The van der Waals surface area contributed by atoms with Crippen LogP contribution in [0, 0.1) is 0 Å². The molecule has 1 heterocycles. The fourth-order valence-corrected chi connectivity index (χ4v) is 3.55. The van der Waals surface area contributed by atoms with E-state index in [2.05, 4.69) is 53.7 Å². The highest BCUT2D eigenvalue weighted by Gasteiger charge is 2.20. The Morgan fingerprint density at radius 2 is 2.15 bits per heavy atom. The van der Waals surface area contributed by atoms with Crippen molar-refractivity contribution in [3.63, 3.8) is 0 Å². The molecule has 0 aliphatic carbocycles. The minimum absolute atomic E-state index is 0.643. The van der Waals surface area contributed by atoms with Gasteiger partial charge >= 0.3 is 0 Å². The van der Waals surface area contributed by atoms with Gasteiger partial charge < -0.3 is 5.32 Å². The van der Waals surface area contributed by atoms with Crippen molar-refractivity contribution >= 4 is 11.8 Å². The Hall–Kier alpha value is -0.510. The Kier molecular flexibility index (Phi) is 6.91. The maximum Gasteiger partial charge on any atom is 0.0234 e. The SMILES string of the molecule is CSCCC(C)NC1CCCN(Cc2ccccc2)C1. The monoisotopic (exact) mass is 292 g/mol. The summed E-state index contributed by atoms with van der Waals surface area (Å²) < 4.78 is 0. The Balaban J connectivity index is 1.76. The quantitative estimate of drug-likeness (QED) is 0.829. The lowest BCUT2D eigenvalue weighted by Crippen LogP contribution is -2.48. The molecule has 20 heavy (non-hydrogen) atoms. The van der Waals surface area contributed by atoms with E-state index in [9.17, 15) is 0 Å². The molecule has 0 spiro atoms. The second-order valence-corrected chi connectivity index (χ2v) is 6.89. The Morgan fingerprint density at radius 3 is 2.90 bits per heavy atom. The van der Waals surface area contributed by atoms with Crippen molar-refractivity contribution in [1.82, 2.24) is 10.2 Å². The molecular formula is C17H28N2S. The molecule has 0 bridgehead atoms. The highest BCUT2D eigenvalue weighted by Crippen LogP contribution is 2.14. The molecule has 0 aromatic heterocycles. The van der Waals surface area contributed by atoms with E-state index in [-0.39, 0.29) is 0 Å². The van der Waals surface area contributed by atoms with E-state index in [0.29, 0.717) is 12.1 Å². The first-order valence-corrected chi connectivity index (χ1v) is 9.18. The molecule has 1 aromatic carbocycles. The van der Waals surface area contributed by atoms with Gasteiger partial charge in [-0.05, 0) is 50.3 Å². The molecule has 0 radical (unpaired) electrons. The van der Waals surface area contributed by atoms with Gasteiger partial charge in [0.25, 0.3) is 0 Å². The second kappa shape index (κ2) is 8.71. The van der Waals surface area contributed by atoms with Crippen molar-refractivity contribution in [3.05, 3.63) is 35.9 Å². The maximum absolute atomic E-state index is 3.81. The largest absolute Gasteiger partial charge is 0.310 e. The number of nitrogens with one attached hydrogen (secondary N) is 1. The number of likely N-dealkylation sites (tertiary alicyclic amines) is 1. The molecule has 0 saturated carbocycles. The summed E-state index contributed by atoms with van der Waals surface area (Å²) in [6, 6.07) is 12.2. The summed E-state index contributed by atoms with van der Waals surface area (Å²) in [5.41, 5.74) is 1.43. The van der Waals surface area contributed by atoms with Crippen molar-refractivity contribution in [2.24, 2.45) is 0 Å². The van der Waals surface area contributed by atoms with Gasteiger partial charge in [-0.15, -0.1) is 0 Å². The van der Waals surface area contributed by atoms with Gasteiger partial charge in [0.15, 0.2) is 0 Å². The second-order valence-electron chi connectivity index (χ2n) is 5.91. The number of hydrogen-bond acceptors (Lipinski definition) is 3. The van der Waals surface area contributed by atoms with Crippen molar-refractivity contribution < 1.29 is 0 Å². The molecule has 2 nitrogen and oxygen atoms in total. The van der Waals surface area contributed by atoms with E-state index < -0.39 is 0 Å². The van der Waals surface area contributed by atoms with Crippen LogP contribution >= 0.6 is 11.8 Å². The topological polar surface area (TPSA) is 15.3 Å². The van der Waals surface area contributed by atoms with Gasteiger partial charge in [0, 0.05) is 25.2 Å². The van der Waals surface area contributed by atoms with Crippen molar-refractivity contribution in [1.29, 1.82) is 0 Å². The van der Waals surface area contributed by atoms with Gasteiger partial charge in [-0.3, -0.25) is 4.90 Å². The lowest BCUT2D eigenvalue weighted by Gasteiger charge is -2.34. The average Bonchev–Trinajstić information content (AvgIpc) is 2.46. The first-order chi connectivity index (χ1) is 9.78. The molecule has 3 heteroatoms. The van der Waals surface area contributed by atoms with Crippen LogP contribution in [0.25, 0.3) is 0 Å². The molecule has 0 amide bonds. The van der Waals surface area contributed by atoms with Crippen LogP contribution in [0.4, 0.5) is 0 Å². The zero-order valence-electron chi connectivity index (χ0n) is 12.8. The molecule has 2 rings (SSSR count). The van der Waals surface area contributed by atoms with Crippen LogP contribution in [0.2, 0.25) is 0 Å². The molecule has 1 aromatic rings. The van der Waals surface area contributed by atoms with E-state index in [4.69, 9.17) is 0 Å². The van der Waals surface area contributed by atoms with Crippen molar-refractivity contribution in [2.45, 2.75) is 44.8 Å². The highest BCUT2D eigenvalue weighted by atomic mass is 32.2. The van der Waals surface area contributed by atoms with Crippen LogP contribution in [-0.2, 0) is 6.54 Å². The van der Waals surface area contributed by atoms with E-state index in [1.54, 1.807) is 0 Å². The lowest BCUT2D eigenvalue weighted by molar-refractivity contribution is 0.176. The summed E-state index contributed by atoms with van der Waals surface area (Å²) in [7, 11) is 0. The van der Waals surface area contributed by atoms with Crippen LogP contribution in [0.5, 0.6) is 0 Å². The molecule has 1 N–H and O–H groups in total. The van der Waals surface area contributed by atoms with Crippen molar-refractivity contribution in [2.75, 3.05) is 25.1 Å². The molecule has 1 fully saturated rings. The normalized spacial score (nSPS) is 21.8. The fraction of sp³-hybridized carbons (Fsp3) is 0.647. The van der Waals surface area contributed by atoms with E-state index >= 15 is 0 Å². The average molecular weight is 292 g/mol. The van der Waals surface area contributed by atoms with Crippen molar-refractivity contribution in [3.8, 4) is 0 Å². The van der Waals surface area contributed by atoms with Crippen LogP contribution < -0.4 is 5.32 Å². The molecule has 1 aliphatic heterocycles. The number of thioether (sulfide) groups is 1. The van der Waals surface area contributed by atoms with Gasteiger partial charge in [0.2, 0.25) is 0 Å². The minimum Gasteiger partial charge on any atom is -0.310 e. The number of piperidine rings is 1. The van der Waals surface area contributed by atoms with Crippen LogP contribution in [0.3, 0.4) is 0 Å². The Labute approximate surface area is 128 Å². The number of rotatable bonds is 7. The number of hydrogen-bond donors (Lipinski definition) is 1. The highest BCUT2D eigenvalue weighted by molar-refractivity contribution is 7.98. The molecule has 112 valence electrons. The summed E-state index contributed by atoms with van der Waals surface area (Å²) >= 11 is 1.94. The minimum atomic E-state index is 0.643. The standard InChI is InChI=1S/C17H28N2S/c1-15(10-12-20-2)18-17-9-6-11-19(14-17)13-16-7-4-3-5-8-16/h3-5,7-8,15,17-18H,6,9-14H2,1-2H3. The fourth-order valence-electron chi connectivity index (χ4n) is 2.96. The molecule has 2 atom stereocenters. The summed E-state index contributed by atoms with van der Waals surface area (Å²) in [4.78, 5) is 2.60. The van der Waals surface area contributed by atoms with Gasteiger partial charge in [-0.2, -0.15) is 11.8 Å². The molecule has 2 unspecified atom stereocenters. The van der Waals surface area contributed by atoms with Crippen LogP contribution in [0.1, 0.15) is 31.7 Å². The summed E-state index contributed by atoms with van der Waals surface area (Å²) in [6.07, 6.45) is 6.11. The number of benzene rings is 1. The molecular weight excluding hydrogens is 264 g/mol. The lowest BCUT2D eigenvalue weighted by atomic mass is 10.0. The number of nitrogens with zero attached hydrogens (tertiary/aromatic N) is 1. The zero-order chi connectivity index (χ0) is 14.2.